The molecule has 1 N–H and O–H groups in total. The molecule has 0 bridgehead atoms. The van der Waals surface area contributed by atoms with Crippen LogP contribution >= 0.6 is 0 Å². The molecule has 0 saturated carbocycles. The second kappa shape index (κ2) is 9.89. The number of benzene rings is 2. The highest BCUT2D eigenvalue weighted by molar-refractivity contribution is 6.51. The largest absolute Gasteiger partial charge is 0.507 e. The van der Waals surface area contributed by atoms with E-state index in [0.717, 1.165) is 0 Å². The van der Waals surface area contributed by atoms with Crippen molar-refractivity contribution in [2.24, 2.45) is 0 Å². The molecular formula is C27H26N2O6. The van der Waals surface area contributed by atoms with Gasteiger partial charge in [-0.05, 0) is 67.9 Å². The summed E-state index contributed by atoms with van der Waals surface area (Å²) in [5.41, 5.74) is 0.879. The molecule has 1 saturated heterocycles. The summed E-state index contributed by atoms with van der Waals surface area (Å²) < 4.78 is 16.4. The summed E-state index contributed by atoms with van der Waals surface area (Å²) in [6.45, 7) is 3.83. The minimum Gasteiger partial charge on any atom is -0.507 e. The maximum absolute atomic E-state index is 13.3. The van der Waals surface area contributed by atoms with Gasteiger partial charge in [0.05, 0.1) is 31.9 Å². The number of ether oxygens (including phenoxy) is 3. The zero-order valence-corrected chi connectivity index (χ0v) is 19.9. The van der Waals surface area contributed by atoms with E-state index in [1.807, 2.05) is 13.8 Å². The molecule has 2 aromatic carbocycles. The van der Waals surface area contributed by atoms with Crippen molar-refractivity contribution >= 4 is 23.3 Å². The number of aliphatic hydroxyl groups is 1. The van der Waals surface area contributed by atoms with E-state index in [4.69, 9.17) is 14.2 Å². The zero-order chi connectivity index (χ0) is 25.1. The summed E-state index contributed by atoms with van der Waals surface area (Å²) in [7, 11) is 3.02. The predicted molar refractivity (Wildman–Crippen MR) is 131 cm³/mol. The third-order valence-electron chi connectivity index (χ3n) is 5.56. The number of aliphatic hydroxyl groups excluding tert-OH is 1. The third-order valence-corrected chi connectivity index (χ3v) is 5.56. The number of methoxy groups -OCH3 is 2. The van der Waals surface area contributed by atoms with Crippen LogP contribution in [0.2, 0.25) is 0 Å². The standard InChI is InChI=1S/C27H26N2O6/c1-16(2)35-19-11-8-17(9-12-19)25(30)23-24(18-10-13-20(33-3)21(15-18)34-4)29(27(32)26(23)31)22-7-5-6-14-28-22/h5-16,24,30H,1-4H3/b25-23-. The number of aromatic nitrogens is 1. The first-order valence-corrected chi connectivity index (χ1v) is 11.1. The van der Waals surface area contributed by atoms with Crippen molar-refractivity contribution < 1.29 is 28.9 Å². The topological polar surface area (TPSA) is 98.2 Å². The summed E-state index contributed by atoms with van der Waals surface area (Å²) in [5.74, 6) is -0.0625. The van der Waals surface area contributed by atoms with E-state index in [9.17, 15) is 14.7 Å². The molecule has 4 rings (SSSR count). The number of carbonyl (C=O) groups excluding carboxylic acids is 2. The van der Waals surface area contributed by atoms with Gasteiger partial charge in [0.1, 0.15) is 17.3 Å². The van der Waals surface area contributed by atoms with Gasteiger partial charge >= 0.3 is 5.91 Å². The molecule has 2 heterocycles. The van der Waals surface area contributed by atoms with Crippen molar-refractivity contribution in [3.8, 4) is 17.2 Å². The summed E-state index contributed by atoms with van der Waals surface area (Å²) in [5, 5.41) is 11.3. The normalized spacial score (nSPS) is 17.1. The van der Waals surface area contributed by atoms with Gasteiger partial charge in [0, 0.05) is 11.8 Å². The van der Waals surface area contributed by atoms with Gasteiger partial charge < -0.3 is 19.3 Å². The highest BCUT2D eigenvalue weighted by Gasteiger charge is 2.47. The Bertz CT molecular complexity index is 1270. The minimum atomic E-state index is -0.934. The number of carbonyl (C=O) groups is 2. The van der Waals surface area contributed by atoms with Crippen molar-refractivity contribution in [3.63, 3.8) is 0 Å². The average molecular weight is 475 g/mol. The highest BCUT2D eigenvalue weighted by atomic mass is 16.5. The first kappa shape index (κ1) is 23.8. The van der Waals surface area contributed by atoms with Crippen molar-refractivity contribution in [1.82, 2.24) is 4.98 Å². The van der Waals surface area contributed by atoms with E-state index < -0.39 is 17.7 Å². The lowest BCUT2D eigenvalue weighted by molar-refractivity contribution is -0.132. The molecule has 8 nitrogen and oxygen atoms in total. The number of hydrogen-bond donors (Lipinski definition) is 1. The van der Waals surface area contributed by atoms with Crippen LogP contribution in [0, 0.1) is 0 Å². The number of Topliss-reactive ketones (excluding diaryl/α,β-unsaturated/α-hetero) is 1. The Morgan fingerprint density at radius 2 is 1.69 bits per heavy atom. The summed E-state index contributed by atoms with van der Waals surface area (Å²) in [6.07, 6.45) is 1.52. The second-order valence-corrected chi connectivity index (χ2v) is 8.16. The molecule has 0 aliphatic carbocycles. The number of rotatable bonds is 7. The summed E-state index contributed by atoms with van der Waals surface area (Å²) in [4.78, 5) is 32.0. The van der Waals surface area contributed by atoms with Crippen molar-refractivity contribution in [2.45, 2.75) is 26.0 Å². The molecular weight excluding hydrogens is 448 g/mol. The molecule has 1 unspecified atom stereocenters. The molecule has 1 atom stereocenters. The first-order valence-electron chi connectivity index (χ1n) is 11.1. The Morgan fingerprint density at radius 3 is 2.29 bits per heavy atom. The van der Waals surface area contributed by atoms with Crippen molar-refractivity contribution in [2.75, 3.05) is 19.1 Å². The number of nitrogens with zero attached hydrogens (tertiary/aromatic N) is 2. The number of pyridine rings is 1. The van der Waals surface area contributed by atoms with Crippen LogP contribution in [-0.2, 0) is 9.59 Å². The van der Waals surface area contributed by atoms with Crippen LogP contribution in [0.25, 0.3) is 5.76 Å². The molecule has 1 aromatic heterocycles. The van der Waals surface area contributed by atoms with Gasteiger partial charge in [-0.15, -0.1) is 0 Å². The fraction of sp³-hybridized carbons (Fsp3) is 0.222. The first-order chi connectivity index (χ1) is 16.8. The summed E-state index contributed by atoms with van der Waals surface area (Å²) >= 11 is 0. The highest BCUT2D eigenvalue weighted by Crippen LogP contribution is 2.43. The number of anilines is 1. The lowest BCUT2D eigenvalue weighted by atomic mass is 9.95. The Kier molecular flexibility index (Phi) is 6.73. The van der Waals surface area contributed by atoms with E-state index in [0.29, 0.717) is 28.4 Å². The fourth-order valence-electron chi connectivity index (χ4n) is 4.02. The number of ketones is 1. The van der Waals surface area contributed by atoms with Gasteiger partial charge in [0.15, 0.2) is 11.5 Å². The molecule has 180 valence electrons. The molecule has 1 fully saturated rings. The van der Waals surface area contributed by atoms with E-state index in [2.05, 4.69) is 4.98 Å². The summed E-state index contributed by atoms with van der Waals surface area (Å²) in [6, 6.07) is 15.9. The van der Waals surface area contributed by atoms with Crippen molar-refractivity contribution in [3.05, 3.63) is 83.6 Å². The second-order valence-electron chi connectivity index (χ2n) is 8.16. The molecule has 35 heavy (non-hydrogen) atoms. The van der Waals surface area contributed by atoms with Gasteiger partial charge in [0.25, 0.3) is 5.78 Å². The maximum Gasteiger partial charge on any atom is 0.301 e. The van der Waals surface area contributed by atoms with Crippen LogP contribution in [0.4, 0.5) is 5.82 Å². The molecule has 1 aliphatic rings. The van der Waals surface area contributed by atoms with Gasteiger partial charge in [0.2, 0.25) is 0 Å². The predicted octanol–water partition coefficient (Wildman–Crippen LogP) is 4.51. The molecule has 1 aliphatic heterocycles. The van der Waals surface area contributed by atoms with Gasteiger partial charge in [-0.2, -0.15) is 0 Å². The van der Waals surface area contributed by atoms with E-state index in [-0.39, 0.29) is 23.3 Å². The van der Waals surface area contributed by atoms with Gasteiger partial charge in [-0.25, -0.2) is 4.98 Å². The smallest absolute Gasteiger partial charge is 0.301 e. The Hall–Kier alpha value is -4.33. The van der Waals surface area contributed by atoms with Crippen LogP contribution < -0.4 is 19.1 Å². The fourth-order valence-corrected chi connectivity index (χ4v) is 4.02. The molecule has 8 heteroatoms. The average Bonchev–Trinajstić information content (AvgIpc) is 3.14. The van der Waals surface area contributed by atoms with Gasteiger partial charge in [-0.3, -0.25) is 14.5 Å². The van der Waals surface area contributed by atoms with Gasteiger partial charge in [-0.1, -0.05) is 12.1 Å². The van der Waals surface area contributed by atoms with Crippen LogP contribution in [-0.4, -0.2) is 42.1 Å². The van der Waals surface area contributed by atoms with Crippen LogP contribution in [0.15, 0.2) is 72.4 Å². The van der Waals surface area contributed by atoms with Crippen LogP contribution in [0.3, 0.4) is 0 Å². The number of amides is 1. The Labute approximate surface area is 203 Å². The lowest BCUT2D eigenvalue weighted by Gasteiger charge is -2.25. The quantitative estimate of drug-likeness (QED) is 0.306. The van der Waals surface area contributed by atoms with E-state index in [1.165, 1.54) is 25.3 Å². The maximum atomic E-state index is 13.3. The SMILES string of the molecule is COc1ccc(C2/C(=C(/O)c3ccc(OC(C)C)cc3)C(=O)C(=O)N2c2ccccn2)cc1OC. The monoisotopic (exact) mass is 474 g/mol. The van der Waals surface area contributed by atoms with Crippen LogP contribution in [0.5, 0.6) is 17.2 Å². The molecule has 0 radical (unpaired) electrons. The molecule has 1 amide bonds. The number of hydrogen-bond acceptors (Lipinski definition) is 7. The van der Waals surface area contributed by atoms with Crippen LogP contribution in [0.1, 0.15) is 31.0 Å². The lowest BCUT2D eigenvalue weighted by Crippen LogP contribution is -2.30. The van der Waals surface area contributed by atoms with E-state index >= 15 is 0 Å². The van der Waals surface area contributed by atoms with Crippen molar-refractivity contribution in [1.29, 1.82) is 0 Å². The van der Waals surface area contributed by atoms with E-state index in [1.54, 1.807) is 60.7 Å². The third kappa shape index (κ3) is 4.55. The Morgan fingerprint density at radius 1 is 0.971 bits per heavy atom. The zero-order valence-electron chi connectivity index (χ0n) is 19.9. The molecule has 3 aromatic rings. The molecule has 0 spiro atoms. The Balaban J connectivity index is 1.89. The minimum absolute atomic E-state index is 0.0109.